The summed E-state index contributed by atoms with van der Waals surface area (Å²) in [6, 6.07) is 0.0482. The van der Waals surface area contributed by atoms with Gasteiger partial charge in [-0.1, -0.05) is 25.7 Å². The Morgan fingerprint density at radius 2 is 1.89 bits per heavy atom. The van der Waals surface area contributed by atoms with Crippen molar-refractivity contribution in [3.05, 3.63) is 0 Å². The van der Waals surface area contributed by atoms with Crippen molar-refractivity contribution < 1.29 is 4.79 Å². The van der Waals surface area contributed by atoms with Gasteiger partial charge in [0.25, 0.3) is 0 Å². The van der Waals surface area contributed by atoms with E-state index < -0.39 is 0 Å². The number of likely N-dealkylation sites (N-methyl/N-ethyl adjacent to an activating group) is 1. The lowest BCUT2D eigenvalue weighted by Crippen LogP contribution is -2.58. The molecule has 0 radical (unpaired) electrons. The van der Waals surface area contributed by atoms with E-state index in [9.17, 15) is 4.79 Å². The molecular weight excluding hydrogens is 238 g/mol. The predicted octanol–water partition coefficient (Wildman–Crippen LogP) is 1.32. The summed E-state index contributed by atoms with van der Waals surface area (Å²) in [6.45, 7) is 3.96. The van der Waals surface area contributed by atoms with E-state index in [1.807, 2.05) is 14.1 Å². The van der Waals surface area contributed by atoms with Crippen LogP contribution in [0.2, 0.25) is 0 Å². The molecule has 0 spiro atoms. The monoisotopic (exact) mass is 267 g/mol. The molecule has 0 bridgehead atoms. The van der Waals surface area contributed by atoms with Crippen LogP contribution in [0.5, 0.6) is 0 Å². The smallest absolute Gasteiger partial charge is 0.240 e. The van der Waals surface area contributed by atoms with Gasteiger partial charge in [-0.3, -0.25) is 9.69 Å². The minimum atomic E-state index is 0.0482. The van der Waals surface area contributed by atoms with Crippen molar-refractivity contribution in [2.24, 2.45) is 5.92 Å². The summed E-state index contributed by atoms with van der Waals surface area (Å²) >= 11 is 0. The SMILES string of the molecule is CN(C)C(=O)C1CNCCN1CC1CCCCCC1. The maximum atomic E-state index is 12.3. The molecule has 2 aliphatic rings. The van der Waals surface area contributed by atoms with Crippen LogP contribution in [-0.2, 0) is 4.79 Å². The standard InChI is InChI=1S/C15H29N3O/c1-17(2)15(19)14-11-16-9-10-18(14)12-13-7-5-3-4-6-8-13/h13-14,16H,3-12H2,1-2H3. The van der Waals surface area contributed by atoms with Gasteiger partial charge in [-0.25, -0.2) is 0 Å². The molecule has 1 aliphatic carbocycles. The van der Waals surface area contributed by atoms with E-state index in [0.717, 1.165) is 32.1 Å². The summed E-state index contributed by atoms with van der Waals surface area (Å²) in [5.41, 5.74) is 0. The Kier molecular flexibility index (Phi) is 5.64. The van der Waals surface area contributed by atoms with E-state index in [1.54, 1.807) is 4.90 Å². The lowest BCUT2D eigenvalue weighted by molar-refractivity contribution is -0.135. The van der Waals surface area contributed by atoms with Crippen LogP contribution in [0.3, 0.4) is 0 Å². The third-order valence-corrected chi connectivity index (χ3v) is 4.55. The second-order valence-electron chi connectivity index (χ2n) is 6.31. The highest BCUT2D eigenvalue weighted by Crippen LogP contribution is 2.24. The number of carbonyl (C=O) groups is 1. The maximum Gasteiger partial charge on any atom is 0.240 e. The second-order valence-corrected chi connectivity index (χ2v) is 6.31. The molecule has 0 aromatic carbocycles. The van der Waals surface area contributed by atoms with E-state index in [-0.39, 0.29) is 11.9 Å². The van der Waals surface area contributed by atoms with Crippen molar-refractivity contribution in [1.82, 2.24) is 15.1 Å². The number of hydrogen-bond donors (Lipinski definition) is 1. The number of hydrogen-bond acceptors (Lipinski definition) is 3. The molecule has 4 heteroatoms. The van der Waals surface area contributed by atoms with Crippen LogP contribution in [0.15, 0.2) is 0 Å². The van der Waals surface area contributed by atoms with E-state index in [2.05, 4.69) is 10.2 Å². The first-order valence-electron chi connectivity index (χ1n) is 7.84. The Morgan fingerprint density at radius 1 is 1.21 bits per heavy atom. The summed E-state index contributed by atoms with van der Waals surface area (Å²) in [4.78, 5) is 16.4. The van der Waals surface area contributed by atoms with Gasteiger partial charge in [-0.2, -0.15) is 0 Å². The van der Waals surface area contributed by atoms with Crippen LogP contribution in [0.4, 0.5) is 0 Å². The molecule has 1 unspecified atom stereocenters. The number of amides is 1. The molecule has 1 atom stereocenters. The zero-order valence-corrected chi connectivity index (χ0v) is 12.5. The first-order valence-corrected chi connectivity index (χ1v) is 7.84. The van der Waals surface area contributed by atoms with Crippen molar-refractivity contribution in [1.29, 1.82) is 0 Å². The van der Waals surface area contributed by atoms with Crippen LogP contribution in [0.1, 0.15) is 38.5 Å². The summed E-state index contributed by atoms with van der Waals surface area (Å²) in [6.07, 6.45) is 8.27. The molecule has 2 fully saturated rings. The number of nitrogens with one attached hydrogen (secondary N) is 1. The molecule has 1 saturated heterocycles. The van der Waals surface area contributed by atoms with Gasteiger partial charge < -0.3 is 10.2 Å². The topological polar surface area (TPSA) is 35.6 Å². The number of nitrogens with zero attached hydrogens (tertiary/aromatic N) is 2. The highest BCUT2D eigenvalue weighted by Gasteiger charge is 2.31. The highest BCUT2D eigenvalue weighted by atomic mass is 16.2. The van der Waals surface area contributed by atoms with Gasteiger partial charge in [0.2, 0.25) is 5.91 Å². The summed E-state index contributed by atoms with van der Waals surface area (Å²) in [7, 11) is 3.72. The van der Waals surface area contributed by atoms with Crippen molar-refractivity contribution >= 4 is 5.91 Å². The summed E-state index contributed by atoms with van der Waals surface area (Å²) in [5, 5.41) is 3.36. The molecule has 19 heavy (non-hydrogen) atoms. The lowest BCUT2D eigenvalue weighted by atomic mass is 9.98. The Balaban J connectivity index is 1.92. The lowest BCUT2D eigenvalue weighted by Gasteiger charge is -2.38. The van der Waals surface area contributed by atoms with Crippen LogP contribution >= 0.6 is 0 Å². The Labute approximate surface area is 117 Å². The van der Waals surface area contributed by atoms with E-state index in [4.69, 9.17) is 0 Å². The fourth-order valence-corrected chi connectivity index (χ4v) is 3.38. The molecule has 1 heterocycles. The van der Waals surface area contributed by atoms with Gasteiger partial charge in [-0.15, -0.1) is 0 Å². The Hall–Kier alpha value is -0.610. The number of rotatable bonds is 3. The normalized spacial score (nSPS) is 26.9. The Bertz CT molecular complexity index is 285. The largest absolute Gasteiger partial charge is 0.347 e. The molecular formula is C15H29N3O. The van der Waals surface area contributed by atoms with Crippen molar-refractivity contribution in [2.75, 3.05) is 40.3 Å². The minimum Gasteiger partial charge on any atom is -0.347 e. The van der Waals surface area contributed by atoms with Gasteiger partial charge in [0.1, 0.15) is 6.04 Å². The fourth-order valence-electron chi connectivity index (χ4n) is 3.38. The van der Waals surface area contributed by atoms with E-state index >= 15 is 0 Å². The molecule has 1 saturated carbocycles. The van der Waals surface area contributed by atoms with Gasteiger partial charge in [0, 0.05) is 40.3 Å². The minimum absolute atomic E-state index is 0.0482. The molecule has 1 amide bonds. The Morgan fingerprint density at radius 3 is 2.53 bits per heavy atom. The van der Waals surface area contributed by atoms with Gasteiger partial charge >= 0.3 is 0 Å². The average molecular weight is 267 g/mol. The fraction of sp³-hybridized carbons (Fsp3) is 0.933. The van der Waals surface area contributed by atoms with Crippen molar-refractivity contribution in [3.8, 4) is 0 Å². The van der Waals surface area contributed by atoms with Crippen molar-refractivity contribution in [2.45, 2.75) is 44.6 Å². The van der Waals surface area contributed by atoms with Crippen LogP contribution in [0.25, 0.3) is 0 Å². The quantitative estimate of drug-likeness (QED) is 0.783. The predicted molar refractivity (Wildman–Crippen MR) is 78.1 cm³/mol. The number of piperazine rings is 1. The average Bonchev–Trinajstić information content (AvgIpc) is 2.67. The van der Waals surface area contributed by atoms with Crippen LogP contribution < -0.4 is 5.32 Å². The zero-order valence-electron chi connectivity index (χ0n) is 12.5. The van der Waals surface area contributed by atoms with Gasteiger partial charge in [0.15, 0.2) is 0 Å². The third-order valence-electron chi connectivity index (χ3n) is 4.55. The molecule has 1 aliphatic heterocycles. The van der Waals surface area contributed by atoms with Crippen molar-refractivity contribution in [3.63, 3.8) is 0 Å². The van der Waals surface area contributed by atoms with Crippen LogP contribution in [-0.4, -0.2) is 62.0 Å². The van der Waals surface area contributed by atoms with Crippen LogP contribution in [0, 0.1) is 5.92 Å². The molecule has 1 N–H and O–H groups in total. The van der Waals surface area contributed by atoms with E-state index in [0.29, 0.717) is 0 Å². The molecule has 110 valence electrons. The van der Waals surface area contributed by atoms with Gasteiger partial charge in [0.05, 0.1) is 0 Å². The van der Waals surface area contributed by atoms with Gasteiger partial charge in [-0.05, 0) is 18.8 Å². The summed E-state index contributed by atoms with van der Waals surface area (Å²) < 4.78 is 0. The third kappa shape index (κ3) is 4.18. The molecule has 2 rings (SSSR count). The first kappa shape index (κ1) is 14.8. The maximum absolute atomic E-state index is 12.3. The molecule has 4 nitrogen and oxygen atoms in total. The zero-order chi connectivity index (χ0) is 13.7. The second kappa shape index (κ2) is 7.25. The first-order chi connectivity index (χ1) is 9.18. The highest BCUT2D eigenvalue weighted by molar-refractivity contribution is 5.81. The number of carbonyl (C=O) groups excluding carboxylic acids is 1. The molecule has 0 aromatic rings. The molecule has 0 aromatic heterocycles. The van der Waals surface area contributed by atoms with E-state index in [1.165, 1.54) is 38.5 Å². The summed E-state index contributed by atoms with van der Waals surface area (Å²) in [5.74, 6) is 1.05.